The quantitative estimate of drug-likeness (QED) is 0.176. The maximum absolute atomic E-state index is 4.78. The Balaban J connectivity index is 0.000000167. The van der Waals surface area contributed by atoms with Crippen molar-refractivity contribution in [3.05, 3.63) is 170 Å². The Labute approximate surface area is 248 Å². The summed E-state index contributed by atoms with van der Waals surface area (Å²) < 4.78 is 0. The topological polar surface area (TPSA) is 31.7 Å². The van der Waals surface area contributed by atoms with Crippen LogP contribution in [0.4, 0.5) is 11.4 Å². The number of benzene rings is 5. The predicted molar refractivity (Wildman–Crippen MR) is 160 cm³/mol. The molecule has 4 nitrogen and oxygen atoms in total. The van der Waals surface area contributed by atoms with Crippen molar-refractivity contribution in [1.29, 1.82) is 0 Å². The molecule has 1 aliphatic rings. The molecule has 40 heavy (non-hydrogen) atoms. The van der Waals surface area contributed by atoms with Gasteiger partial charge in [0.2, 0.25) is 0 Å². The Morgan fingerprint density at radius 2 is 1.27 bits per heavy atom. The zero-order chi connectivity index (χ0) is 26.3. The van der Waals surface area contributed by atoms with Crippen LogP contribution < -0.4 is 9.91 Å². The number of aromatic nitrogens is 1. The first kappa shape index (κ1) is 27.0. The molecule has 7 rings (SSSR count). The minimum absolute atomic E-state index is 0. The summed E-state index contributed by atoms with van der Waals surface area (Å²) in [5.74, 6) is 0.897. The van der Waals surface area contributed by atoms with Gasteiger partial charge in [0.15, 0.2) is 0 Å². The minimum Gasteiger partial charge on any atom is -0.456 e. The Morgan fingerprint density at radius 1 is 0.600 bits per heavy atom. The van der Waals surface area contributed by atoms with Crippen LogP contribution in [0, 0.1) is 18.8 Å². The Hall–Kier alpha value is -4.57. The molecular formula is C35H25IrN4. The minimum atomic E-state index is 0. The Bertz CT molecular complexity index is 1670. The number of amidine groups is 1. The van der Waals surface area contributed by atoms with Crippen molar-refractivity contribution in [1.82, 2.24) is 4.98 Å². The number of rotatable bonds is 4. The maximum atomic E-state index is 4.78. The molecule has 0 saturated heterocycles. The summed E-state index contributed by atoms with van der Waals surface area (Å²) in [5, 5.41) is 7.80. The molecule has 194 valence electrons. The van der Waals surface area contributed by atoms with E-state index >= 15 is 0 Å². The van der Waals surface area contributed by atoms with Crippen LogP contribution in [0.2, 0.25) is 0 Å². The average Bonchev–Trinajstić information content (AvgIpc) is 3.49. The molecule has 0 aliphatic carbocycles. The number of anilines is 2. The molecule has 5 aromatic carbocycles. The molecule has 1 aromatic heterocycles. The van der Waals surface area contributed by atoms with Crippen molar-refractivity contribution in [3.63, 3.8) is 0 Å². The number of para-hydroxylation sites is 3. The van der Waals surface area contributed by atoms with E-state index in [4.69, 9.17) is 5.10 Å². The van der Waals surface area contributed by atoms with Gasteiger partial charge in [-0.15, -0.1) is 48.6 Å². The van der Waals surface area contributed by atoms with Gasteiger partial charge in [0, 0.05) is 11.3 Å². The summed E-state index contributed by atoms with van der Waals surface area (Å²) >= 11 is 0. The molecule has 0 N–H and O–H groups in total. The molecule has 0 radical (unpaired) electrons. The summed E-state index contributed by atoms with van der Waals surface area (Å²) in [7, 11) is 0. The smallest absolute Gasteiger partial charge is 0.456 e. The molecule has 0 fully saturated rings. The zero-order valence-electron chi connectivity index (χ0n) is 21.6. The first-order valence-electron chi connectivity index (χ1n) is 12.8. The van der Waals surface area contributed by atoms with E-state index in [1.165, 1.54) is 5.39 Å². The molecule has 0 spiro atoms. The van der Waals surface area contributed by atoms with E-state index in [0.29, 0.717) is 0 Å². The third-order valence-electron chi connectivity index (χ3n) is 6.24. The number of fused-ring (bicyclic) bond motifs is 1. The van der Waals surface area contributed by atoms with E-state index in [1.807, 2.05) is 121 Å². The normalized spacial score (nSPS) is 12.2. The second kappa shape index (κ2) is 13.0. The van der Waals surface area contributed by atoms with Crippen LogP contribution in [0.3, 0.4) is 0 Å². The van der Waals surface area contributed by atoms with Crippen molar-refractivity contribution < 1.29 is 20.1 Å². The number of nitrogens with zero attached hydrogens (tertiary/aromatic N) is 4. The number of hydrazone groups is 1. The van der Waals surface area contributed by atoms with Gasteiger partial charge in [0.25, 0.3) is 0 Å². The molecule has 0 bridgehead atoms. The van der Waals surface area contributed by atoms with Crippen LogP contribution >= 0.6 is 0 Å². The van der Waals surface area contributed by atoms with Gasteiger partial charge >= 0.3 is 20.1 Å². The monoisotopic (exact) mass is 694 g/mol. The second-order valence-corrected chi connectivity index (χ2v) is 8.87. The van der Waals surface area contributed by atoms with Gasteiger partial charge in [-0.3, -0.25) is 4.98 Å². The van der Waals surface area contributed by atoms with Crippen LogP contribution in [-0.4, -0.2) is 10.8 Å². The third kappa shape index (κ3) is 6.18. The largest absolute Gasteiger partial charge is 3.00 e. The summed E-state index contributed by atoms with van der Waals surface area (Å²) in [5.41, 5.74) is 6.10. The van der Waals surface area contributed by atoms with Crippen molar-refractivity contribution >= 4 is 28.1 Å². The molecule has 6 aromatic rings. The van der Waals surface area contributed by atoms with Gasteiger partial charge in [0.1, 0.15) is 5.84 Å². The first-order chi connectivity index (χ1) is 19.3. The van der Waals surface area contributed by atoms with Crippen LogP contribution in [0.25, 0.3) is 22.2 Å². The molecule has 0 atom stereocenters. The van der Waals surface area contributed by atoms with Crippen molar-refractivity contribution in [2.75, 3.05) is 9.91 Å². The van der Waals surface area contributed by atoms with Crippen molar-refractivity contribution in [3.8, 4) is 11.3 Å². The van der Waals surface area contributed by atoms with Crippen LogP contribution in [0.15, 0.2) is 151 Å². The van der Waals surface area contributed by atoms with E-state index in [2.05, 4.69) is 58.4 Å². The van der Waals surface area contributed by atoms with Gasteiger partial charge < -0.3 is 9.91 Å². The second-order valence-electron chi connectivity index (χ2n) is 8.87. The van der Waals surface area contributed by atoms with Gasteiger partial charge in [0.05, 0.1) is 5.52 Å². The molecule has 0 amide bonds. The molecule has 1 aliphatic heterocycles. The first-order valence-corrected chi connectivity index (χ1v) is 12.8. The fourth-order valence-electron chi connectivity index (χ4n) is 4.31. The van der Waals surface area contributed by atoms with E-state index < -0.39 is 0 Å². The van der Waals surface area contributed by atoms with Crippen LogP contribution in [0.1, 0.15) is 5.56 Å². The van der Waals surface area contributed by atoms with Crippen LogP contribution in [-0.2, 0) is 20.1 Å². The number of hydrogen-bond donors (Lipinski definition) is 0. The fourth-order valence-corrected chi connectivity index (χ4v) is 4.31. The van der Waals surface area contributed by atoms with Gasteiger partial charge in [-0.2, -0.15) is 29.4 Å². The average molecular weight is 694 g/mol. The zero-order valence-corrected chi connectivity index (χ0v) is 24.0. The van der Waals surface area contributed by atoms with Gasteiger partial charge in [-0.1, -0.05) is 84.6 Å². The maximum Gasteiger partial charge on any atom is 3.00 e. The summed E-state index contributed by atoms with van der Waals surface area (Å²) in [6, 6.07) is 54.8. The third-order valence-corrected chi connectivity index (χ3v) is 6.24. The fraction of sp³-hybridized carbons (Fsp3) is 0. The molecular weight excluding hydrogens is 669 g/mol. The van der Waals surface area contributed by atoms with E-state index in [9.17, 15) is 0 Å². The summed E-state index contributed by atoms with van der Waals surface area (Å²) in [6.45, 7) is 1.99. The predicted octanol–water partition coefficient (Wildman–Crippen LogP) is 7.99. The Morgan fingerprint density at radius 3 is 2.00 bits per heavy atom. The molecule has 5 heteroatoms. The van der Waals surface area contributed by atoms with Crippen molar-refractivity contribution in [2.24, 2.45) is 5.10 Å². The molecule has 0 saturated carbocycles. The summed E-state index contributed by atoms with van der Waals surface area (Å²) in [4.78, 5) is 6.71. The number of hydrogen-bond acceptors (Lipinski definition) is 4. The standard InChI is InChI=1S/C20H15N3.C15H10N.Ir/c1-4-10-17(11-5-1)20-21-23(19-14-8-3-9-15-19)16-22(20)18-12-6-2-7-13-18;1-2-6-12(7-3-1)15-11-10-13-8-4-5-9-14(13)16-15;/h1-14,16H;1-6,8-11H;/q-2;-1;+3. The summed E-state index contributed by atoms with van der Waals surface area (Å²) in [6.07, 6.45) is 0. The van der Waals surface area contributed by atoms with Gasteiger partial charge in [-0.25, -0.2) is 0 Å². The van der Waals surface area contributed by atoms with Crippen LogP contribution in [0.5, 0.6) is 0 Å². The van der Waals surface area contributed by atoms with Gasteiger partial charge in [-0.05, 0) is 29.3 Å². The van der Waals surface area contributed by atoms with E-state index in [1.54, 1.807) is 0 Å². The molecule has 2 heterocycles. The Kier molecular flexibility index (Phi) is 8.77. The van der Waals surface area contributed by atoms with E-state index in [0.717, 1.165) is 39.5 Å². The van der Waals surface area contributed by atoms with Crippen molar-refractivity contribution in [2.45, 2.75) is 0 Å². The van der Waals surface area contributed by atoms with E-state index in [-0.39, 0.29) is 20.1 Å². The SMILES string of the molecule is [Ir+3].[c-]1ccccc1-c1ccc2ccccc2n1.[c-]1ccccc1N1[CH-]N(c2ccccc2)C(c2ccccc2)=N1. The number of pyridine rings is 1. The molecule has 0 unspecified atom stereocenters.